The maximum atomic E-state index is 9.63. The molecule has 0 saturated heterocycles. The zero-order valence-electron chi connectivity index (χ0n) is 44.0. The highest BCUT2D eigenvalue weighted by Gasteiger charge is 2.18. The van der Waals surface area contributed by atoms with E-state index < -0.39 is 137 Å². The van der Waals surface area contributed by atoms with E-state index in [0.717, 1.165) is 0 Å². The molecule has 10 aromatic rings. The Balaban J connectivity index is 1.31. The summed E-state index contributed by atoms with van der Waals surface area (Å²) in [5.41, 5.74) is -1.47. The molecule has 0 bridgehead atoms. The Labute approximate surface area is 300 Å². The summed E-state index contributed by atoms with van der Waals surface area (Å²) in [7, 11) is 0. The first-order chi connectivity index (χ1) is 31.7. The maximum absolute atomic E-state index is 9.63. The van der Waals surface area contributed by atoms with Crippen molar-refractivity contribution in [1.29, 1.82) is 0 Å². The van der Waals surface area contributed by atoms with E-state index in [1.807, 2.05) is 0 Å². The van der Waals surface area contributed by atoms with Crippen molar-refractivity contribution in [3.63, 3.8) is 0 Å². The van der Waals surface area contributed by atoms with Crippen molar-refractivity contribution in [2.24, 2.45) is 0 Å². The Hall–Kier alpha value is -6.18. The third-order valence-electron chi connectivity index (χ3n) is 8.19. The van der Waals surface area contributed by atoms with Crippen LogP contribution in [-0.2, 0) is 0 Å². The number of hydrogen-bond donors (Lipinski definition) is 0. The monoisotopic (exact) mass is 616 g/mol. The van der Waals surface area contributed by atoms with Crippen LogP contribution in [0.3, 0.4) is 0 Å². The van der Waals surface area contributed by atoms with Crippen molar-refractivity contribution in [3.8, 4) is 33.4 Å². The minimum Gasteiger partial charge on any atom is -0.456 e. The average Bonchev–Trinajstić information content (AvgIpc) is 3.73. The van der Waals surface area contributed by atoms with Crippen LogP contribution in [0, 0.1) is 0 Å². The number of fused-ring (bicyclic) bond motifs is 7. The second-order valence-corrected chi connectivity index (χ2v) is 10.9. The van der Waals surface area contributed by atoms with Crippen LogP contribution in [0.15, 0.2) is 174 Å². The number of furan rings is 1. The predicted octanol–water partition coefficient (Wildman–Crippen LogP) is 13.2. The summed E-state index contributed by atoms with van der Waals surface area (Å²) >= 11 is 0. The lowest BCUT2D eigenvalue weighted by molar-refractivity contribution is 0.669. The van der Waals surface area contributed by atoms with Gasteiger partial charge >= 0.3 is 0 Å². The first-order valence-corrected chi connectivity index (χ1v) is 14.6. The van der Waals surface area contributed by atoms with Gasteiger partial charge in [-0.2, -0.15) is 0 Å². The van der Waals surface area contributed by atoms with Gasteiger partial charge in [0.15, 0.2) is 0 Å². The van der Waals surface area contributed by atoms with E-state index in [2.05, 4.69) is 0 Å². The second-order valence-electron chi connectivity index (χ2n) is 10.9. The molecule has 0 N–H and O–H groups in total. The minimum absolute atomic E-state index is 0.106. The Morgan fingerprint density at radius 1 is 0.340 bits per heavy atom. The molecule has 0 fully saturated rings. The Morgan fingerprint density at radius 3 is 1.49 bits per heavy atom. The fourth-order valence-electron chi connectivity index (χ4n) is 6.15. The topological polar surface area (TPSA) is 13.1 Å². The molecule has 1 nitrogen and oxygen atoms in total. The van der Waals surface area contributed by atoms with Crippen molar-refractivity contribution in [2.75, 3.05) is 0 Å². The van der Waals surface area contributed by atoms with Crippen molar-refractivity contribution in [3.05, 3.63) is 169 Å². The van der Waals surface area contributed by atoms with Crippen molar-refractivity contribution in [2.45, 2.75) is 0 Å². The molecule has 47 heavy (non-hydrogen) atoms. The van der Waals surface area contributed by atoms with Gasteiger partial charge in [-0.1, -0.05) is 133 Å². The molecule has 0 radical (unpaired) electrons. The van der Waals surface area contributed by atoms with Gasteiger partial charge in [0.2, 0.25) is 0 Å². The third kappa shape index (κ3) is 4.10. The normalized spacial score (nSPS) is 17.8. The Morgan fingerprint density at radius 2 is 0.830 bits per heavy atom. The summed E-state index contributed by atoms with van der Waals surface area (Å²) < 4.78 is 184. The Kier molecular flexibility index (Phi) is 2.87. The van der Waals surface area contributed by atoms with Crippen LogP contribution in [-0.4, -0.2) is 0 Å². The van der Waals surface area contributed by atoms with Crippen LogP contribution in [0.25, 0.3) is 98.4 Å². The van der Waals surface area contributed by atoms with Gasteiger partial charge in [0.05, 0.1) is 27.4 Å². The van der Waals surface area contributed by atoms with Crippen LogP contribution in [0.4, 0.5) is 0 Å². The van der Waals surface area contributed by atoms with Crippen molar-refractivity contribution < 1.29 is 31.8 Å². The van der Waals surface area contributed by atoms with E-state index in [4.69, 9.17) is 20.9 Å². The SMILES string of the molecule is [2H]c1c([2H])c([2H])c(-c2c([2H])c([2H])c3c([2H])c(-c4c5ccccc5c(-c5c([2H])c([2H])c6c(oc7c([2H])c8c([2H])c([2H])c([2H])c([2H])c8c([2H])c76)c5[2H])c5ccccc45)c([2H])c([2H])c3c2[2H])c([2H])c1[2H]. The van der Waals surface area contributed by atoms with Crippen LogP contribution < -0.4 is 0 Å². The number of benzene rings is 9. The van der Waals surface area contributed by atoms with Crippen molar-refractivity contribution >= 4 is 65.0 Å². The van der Waals surface area contributed by atoms with Crippen molar-refractivity contribution in [1.82, 2.24) is 0 Å². The fraction of sp³-hybridized carbons (Fsp3) is 0. The molecular formula is C46H28O. The summed E-state index contributed by atoms with van der Waals surface area (Å²) in [4.78, 5) is 0. The van der Waals surface area contributed by atoms with Gasteiger partial charge in [0, 0.05) is 10.8 Å². The Bertz CT molecular complexity index is 3900. The molecule has 0 aliphatic carbocycles. The smallest absolute Gasteiger partial charge is 0.136 e. The second kappa shape index (κ2) is 10.2. The molecule has 1 heterocycles. The molecule has 0 atom stereocenters. The predicted molar refractivity (Wildman–Crippen MR) is 200 cm³/mol. The van der Waals surface area contributed by atoms with Crippen LogP contribution >= 0.6 is 0 Å². The molecule has 0 saturated carbocycles. The van der Waals surface area contributed by atoms with Gasteiger partial charge in [-0.15, -0.1) is 0 Å². The molecule has 0 spiro atoms. The summed E-state index contributed by atoms with van der Waals surface area (Å²) in [5, 5.41) is -0.314. The van der Waals surface area contributed by atoms with E-state index in [9.17, 15) is 11.0 Å². The maximum Gasteiger partial charge on any atom is 0.136 e. The molecule has 0 aliphatic rings. The highest BCUT2D eigenvalue weighted by Crippen LogP contribution is 2.45. The summed E-state index contributed by atoms with van der Waals surface area (Å²) in [6, 6.07) is 1.07. The highest BCUT2D eigenvalue weighted by atomic mass is 16.3. The van der Waals surface area contributed by atoms with Crippen LogP contribution in [0.2, 0.25) is 0 Å². The largest absolute Gasteiger partial charge is 0.456 e. The standard InChI is InChI=1S/C46H28O/c1-2-10-29(11-3-1)32-18-19-34-25-35(21-20-33(34)24-32)45-38-14-6-8-16-40(38)46(41-17-9-7-15-39(41)45)36-22-23-37-42-26-30-12-4-5-13-31(30)27-44(42)47-43(37)28-36/h1-28H/i1D,2D,3D,4D,5D,10D,11D,12D,13D,18D,19D,20D,21D,22D,23D,24D,25D,26D,27D,28D. The third-order valence-corrected chi connectivity index (χ3v) is 8.19. The van der Waals surface area contributed by atoms with Gasteiger partial charge in [-0.25, -0.2) is 0 Å². The first-order valence-electron chi connectivity index (χ1n) is 24.6. The van der Waals surface area contributed by atoms with Gasteiger partial charge in [0.25, 0.3) is 0 Å². The zero-order valence-corrected chi connectivity index (χ0v) is 24.0. The number of hydrogen-bond acceptors (Lipinski definition) is 1. The molecule has 1 aromatic heterocycles. The van der Waals surface area contributed by atoms with E-state index in [1.54, 1.807) is 48.5 Å². The van der Waals surface area contributed by atoms with Crippen LogP contribution in [0.5, 0.6) is 0 Å². The molecule has 9 aromatic carbocycles. The van der Waals surface area contributed by atoms with E-state index in [-0.39, 0.29) is 60.4 Å². The zero-order chi connectivity index (χ0) is 48.3. The lowest BCUT2D eigenvalue weighted by Gasteiger charge is -2.18. The average molecular weight is 617 g/mol. The fourth-order valence-corrected chi connectivity index (χ4v) is 6.15. The highest BCUT2D eigenvalue weighted by molar-refractivity contribution is 6.22. The van der Waals surface area contributed by atoms with Gasteiger partial charge in [-0.3, -0.25) is 0 Å². The molecule has 0 unspecified atom stereocenters. The summed E-state index contributed by atoms with van der Waals surface area (Å²) in [6.45, 7) is 0. The summed E-state index contributed by atoms with van der Waals surface area (Å²) in [6.07, 6.45) is 0. The van der Waals surface area contributed by atoms with Gasteiger partial charge in [-0.05, 0) is 113 Å². The van der Waals surface area contributed by atoms with Gasteiger partial charge in [0.1, 0.15) is 11.2 Å². The molecule has 218 valence electrons. The van der Waals surface area contributed by atoms with E-state index in [0.29, 0.717) is 21.5 Å². The van der Waals surface area contributed by atoms with E-state index in [1.165, 1.54) is 0 Å². The molecule has 10 rings (SSSR count). The number of rotatable bonds is 3. The van der Waals surface area contributed by atoms with Crippen LogP contribution in [0.1, 0.15) is 27.4 Å². The molecule has 0 aliphatic heterocycles. The van der Waals surface area contributed by atoms with E-state index >= 15 is 0 Å². The lowest BCUT2D eigenvalue weighted by atomic mass is 9.85. The van der Waals surface area contributed by atoms with Gasteiger partial charge < -0.3 is 4.42 Å². The first kappa shape index (κ1) is 13.3. The minimum atomic E-state index is -0.740. The molecule has 1 heteroatoms. The summed E-state index contributed by atoms with van der Waals surface area (Å²) in [5.74, 6) is 0. The molecule has 0 amide bonds. The quantitative estimate of drug-likeness (QED) is 0.180. The lowest BCUT2D eigenvalue weighted by Crippen LogP contribution is -1.91. The molecular weight excluding hydrogens is 569 g/mol.